The molecule has 0 fully saturated rings. The first-order valence-electron chi connectivity index (χ1n) is 7.49. The monoisotopic (exact) mass is 412 g/mol. The van der Waals surface area contributed by atoms with Gasteiger partial charge in [0.25, 0.3) is 0 Å². The average Bonchev–Trinajstić information content (AvgIpc) is 3.03. The normalized spacial score (nSPS) is 10.8. The van der Waals surface area contributed by atoms with E-state index in [0.717, 1.165) is 5.56 Å². The van der Waals surface area contributed by atoms with Gasteiger partial charge < -0.3 is 5.32 Å². The van der Waals surface area contributed by atoms with Crippen LogP contribution in [0.2, 0.25) is 15.1 Å². The van der Waals surface area contributed by atoms with Crippen LogP contribution in [0, 0.1) is 5.82 Å². The average molecular weight is 414 g/mol. The lowest BCUT2D eigenvalue weighted by Crippen LogP contribution is -2.25. The minimum Gasteiger partial charge on any atom is -0.352 e. The second kappa shape index (κ2) is 8.03. The molecule has 0 atom stereocenters. The number of nitrogens with zero attached hydrogens (tertiary/aromatic N) is 2. The molecule has 0 unspecified atom stereocenters. The number of aromatic nitrogens is 3. The zero-order valence-electron chi connectivity index (χ0n) is 13.2. The van der Waals surface area contributed by atoms with E-state index in [-0.39, 0.29) is 29.7 Å². The van der Waals surface area contributed by atoms with E-state index in [1.54, 1.807) is 24.3 Å². The molecule has 0 radical (unpaired) electrons. The van der Waals surface area contributed by atoms with Crippen LogP contribution in [0.5, 0.6) is 0 Å². The summed E-state index contributed by atoms with van der Waals surface area (Å²) >= 11 is 17.5. The molecule has 0 saturated heterocycles. The Kier molecular flexibility index (Phi) is 5.76. The second-order valence-electron chi connectivity index (χ2n) is 5.47. The Morgan fingerprint density at radius 2 is 1.85 bits per heavy atom. The van der Waals surface area contributed by atoms with Crippen LogP contribution in [0.4, 0.5) is 4.39 Å². The maximum atomic E-state index is 13.5. The molecule has 1 heterocycles. The molecular formula is C17H12Cl3FN4O. The van der Waals surface area contributed by atoms with Gasteiger partial charge in [-0.2, -0.15) is 5.10 Å². The lowest BCUT2D eigenvalue weighted by Gasteiger charge is -2.05. The number of halogens is 4. The minimum atomic E-state index is -0.562. The third kappa shape index (κ3) is 4.72. The van der Waals surface area contributed by atoms with E-state index in [9.17, 15) is 9.18 Å². The van der Waals surface area contributed by atoms with Gasteiger partial charge in [0.2, 0.25) is 5.91 Å². The van der Waals surface area contributed by atoms with E-state index < -0.39 is 5.82 Å². The van der Waals surface area contributed by atoms with Gasteiger partial charge in [0.15, 0.2) is 5.82 Å². The summed E-state index contributed by atoms with van der Waals surface area (Å²) in [6.07, 6.45) is -0.00261. The molecular weight excluding hydrogens is 402 g/mol. The maximum Gasteiger partial charge on any atom is 0.227 e. The van der Waals surface area contributed by atoms with Crippen LogP contribution in [-0.4, -0.2) is 21.1 Å². The fourth-order valence-electron chi connectivity index (χ4n) is 2.27. The number of hydrogen-bond donors (Lipinski definition) is 2. The Bertz CT molecular complexity index is 941. The van der Waals surface area contributed by atoms with E-state index >= 15 is 0 Å². The molecule has 2 N–H and O–H groups in total. The van der Waals surface area contributed by atoms with Gasteiger partial charge in [-0.1, -0.05) is 34.8 Å². The second-order valence-corrected chi connectivity index (χ2v) is 6.75. The molecule has 0 aliphatic rings. The third-order valence-electron chi connectivity index (χ3n) is 3.45. The highest BCUT2D eigenvalue weighted by Gasteiger charge is 2.12. The zero-order chi connectivity index (χ0) is 18.7. The molecule has 0 aliphatic heterocycles. The Balaban J connectivity index is 1.61. The molecule has 1 aromatic heterocycles. The highest BCUT2D eigenvalue weighted by Crippen LogP contribution is 2.22. The molecule has 2 aromatic carbocycles. The van der Waals surface area contributed by atoms with E-state index in [1.807, 2.05) is 0 Å². The molecule has 1 amide bonds. The molecule has 9 heteroatoms. The number of carbonyl (C=O) groups excluding carboxylic acids is 1. The topological polar surface area (TPSA) is 70.7 Å². The third-order valence-corrected chi connectivity index (χ3v) is 4.19. The summed E-state index contributed by atoms with van der Waals surface area (Å²) in [5.41, 5.74) is 1.24. The first-order chi connectivity index (χ1) is 12.4. The van der Waals surface area contributed by atoms with Gasteiger partial charge in [-0.3, -0.25) is 9.89 Å². The van der Waals surface area contributed by atoms with E-state index in [1.165, 1.54) is 12.1 Å². The molecule has 134 valence electrons. The van der Waals surface area contributed by atoms with Crippen molar-refractivity contribution in [2.75, 3.05) is 0 Å². The fraction of sp³-hybridized carbons (Fsp3) is 0.118. The molecule has 26 heavy (non-hydrogen) atoms. The van der Waals surface area contributed by atoms with E-state index in [2.05, 4.69) is 20.5 Å². The number of H-pyrrole nitrogens is 1. The molecule has 0 bridgehead atoms. The van der Waals surface area contributed by atoms with Crippen molar-refractivity contribution in [3.63, 3.8) is 0 Å². The Labute approximate surface area is 163 Å². The SMILES string of the molecule is O=C(Cc1nc(-c2ccc(Cl)c(F)c2)n[nH]1)NCc1cc(Cl)cc(Cl)c1. The number of carbonyl (C=O) groups is 1. The first kappa shape index (κ1) is 18.6. The van der Waals surface area contributed by atoms with Crippen molar-refractivity contribution in [2.45, 2.75) is 13.0 Å². The van der Waals surface area contributed by atoms with Gasteiger partial charge >= 0.3 is 0 Å². The van der Waals surface area contributed by atoms with Crippen LogP contribution in [-0.2, 0) is 17.8 Å². The van der Waals surface area contributed by atoms with Gasteiger partial charge in [-0.05, 0) is 42.0 Å². The standard InChI is InChI=1S/C17H12Cl3FN4O/c18-11-3-9(4-12(19)6-11)8-22-16(26)7-15-23-17(25-24-15)10-1-2-13(20)14(21)5-10/h1-6H,7-8H2,(H,22,26)(H,23,24,25). The van der Waals surface area contributed by atoms with Gasteiger partial charge in [-0.15, -0.1) is 0 Å². The summed E-state index contributed by atoms with van der Waals surface area (Å²) in [6.45, 7) is 0.280. The van der Waals surface area contributed by atoms with Crippen LogP contribution in [0.3, 0.4) is 0 Å². The van der Waals surface area contributed by atoms with Crippen LogP contribution in [0.15, 0.2) is 36.4 Å². The summed E-state index contributed by atoms with van der Waals surface area (Å²) in [5, 5.41) is 10.4. The minimum absolute atomic E-state index is 0.00261. The summed E-state index contributed by atoms with van der Waals surface area (Å²) in [6, 6.07) is 9.30. The van der Waals surface area contributed by atoms with Gasteiger partial charge in [0.05, 0.1) is 11.4 Å². The van der Waals surface area contributed by atoms with Crippen molar-refractivity contribution >= 4 is 40.7 Å². The summed E-state index contributed by atoms with van der Waals surface area (Å²) < 4.78 is 13.5. The van der Waals surface area contributed by atoms with Crippen molar-refractivity contribution in [1.82, 2.24) is 20.5 Å². The quantitative estimate of drug-likeness (QED) is 0.650. The van der Waals surface area contributed by atoms with Crippen molar-refractivity contribution in [2.24, 2.45) is 0 Å². The molecule has 0 spiro atoms. The predicted octanol–water partition coefficient (Wildman–Crippen LogP) is 4.43. The largest absolute Gasteiger partial charge is 0.352 e. The van der Waals surface area contributed by atoms with Crippen molar-refractivity contribution in [3.8, 4) is 11.4 Å². The molecule has 3 rings (SSSR count). The van der Waals surface area contributed by atoms with E-state index in [0.29, 0.717) is 21.4 Å². The number of amides is 1. The first-order valence-corrected chi connectivity index (χ1v) is 8.62. The Morgan fingerprint density at radius 1 is 1.12 bits per heavy atom. The highest BCUT2D eigenvalue weighted by atomic mass is 35.5. The lowest BCUT2D eigenvalue weighted by molar-refractivity contribution is -0.120. The summed E-state index contributed by atoms with van der Waals surface area (Å²) in [4.78, 5) is 16.3. The number of aromatic amines is 1. The molecule has 5 nitrogen and oxygen atoms in total. The van der Waals surface area contributed by atoms with Gasteiger partial charge in [0, 0.05) is 22.2 Å². The molecule has 0 aliphatic carbocycles. The lowest BCUT2D eigenvalue weighted by atomic mass is 10.2. The zero-order valence-corrected chi connectivity index (χ0v) is 15.5. The van der Waals surface area contributed by atoms with Crippen LogP contribution >= 0.6 is 34.8 Å². The summed E-state index contributed by atoms with van der Waals surface area (Å²) in [7, 11) is 0. The van der Waals surface area contributed by atoms with Crippen molar-refractivity contribution in [1.29, 1.82) is 0 Å². The van der Waals surface area contributed by atoms with E-state index in [4.69, 9.17) is 34.8 Å². The van der Waals surface area contributed by atoms with Gasteiger partial charge in [0.1, 0.15) is 11.6 Å². The van der Waals surface area contributed by atoms with Crippen LogP contribution < -0.4 is 5.32 Å². The smallest absolute Gasteiger partial charge is 0.227 e. The van der Waals surface area contributed by atoms with Crippen molar-refractivity contribution < 1.29 is 9.18 Å². The number of nitrogens with one attached hydrogen (secondary N) is 2. The fourth-order valence-corrected chi connectivity index (χ4v) is 2.96. The number of benzene rings is 2. The predicted molar refractivity (Wildman–Crippen MR) is 98.8 cm³/mol. The Morgan fingerprint density at radius 3 is 2.54 bits per heavy atom. The Hall–Kier alpha value is -2.15. The van der Waals surface area contributed by atoms with Crippen molar-refractivity contribution in [3.05, 3.63) is 68.7 Å². The van der Waals surface area contributed by atoms with Crippen LogP contribution in [0.1, 0.15) is 11.4 Å². The number of rotatable bonds is 5. The summed E-state index contributed by atoms with van der Waals surface area (Å²) in [5.74, 6) is -0.179. The number of hydrogen-bond acceptors (Lipinski definition) is 3. The highest BCUT2D eigenvalue weighted by molar-refractivity contribution is 6.34. The van der Waals surface area contributed by atoms with Gasteiger partial charge in [-0.25, -0.2) is 9.37 Å². The molecule has 3 aromatic rings. The maximum absolute atomic E-state index is 13.5. The molecule has 0 saturated carbocycles. The van der Waals surface area contributed by atoms with Crippen LogP contribution in [0.25, 0.3) is 11.4 Å².